The molecule has 2 rings (SSSR count). The molecule has 1 heterocycles. The van der Waals surface area contributed by atoms with Crippen molar-refractivity contribution >= 4 is 30.8 Å². The Morgan fingerprint density at radius 3 is 2.39 bits per heavy atom. The van der Waals surface area contributed by atoms with Crippen LogP contribution in [0.25, 0.3) is 0 Å². The van der Waals surface area contributed by atoms with Gasteiger partial charge in [0.15, 0.2) is 0 Å². The van der Waals surface area contributed by atoms with E-state index in [1.807, 2.05) is 46.8 Å². The van der Waals surface area contributed by atoms with Crippen molar-refractivity contribution in [3.63, 3.8) is 0 Å². The Kier molecular flexibility index (Phi) is 17.0. The number of hydrogen-bond donors (Lipinski definition) is 2. The molecular weight excluding hydrogens is 473 g/mol. The number of carbonyl (C=O) groups excluding carboxylic acids is 1. The highest BCUT2D eigenvalue weighted by molar-refractivity contribution is 6.53. The maximum Gasteiger partial charge on any atom is 0.489 e. The van der Waals surface area contributed by atoms with E-state index in [1.165, 1.54) is 11.8 Å². The molecule has 1 aliphatic carbocycles. The van der Waals surface area contributed by atoms with Gasteiger partial charge in [0.25, 0.3) is 0 Å². The van der Waals surface area contributed by atoms with Crippen LogP contribution in [-0.4, -0.2) is 79.9 Å². The highest BCUT2D eigenvalue weighted by Crippen LogP contribution is 2.34. The second-order valence-electron chi connectivity index (χ2n) is 8.34. The highest BCUT2D eigenvalue weighted by Gasteiger charge is 2.25. The molecule has 1 atom stereocenters. The maximum atomic E-state index is 12.2. The maximum absolute atomic E-state index is 12.2. The van der Waals surface area contributed by atoms with E-state index < -0.39 is 7.12 Å². The molecule has 0 aromatic carbocycles. The third-order valence-corrected chi connectivity index (χ3v) is 5.85. The predicted molar refractivity (Wildman–Crippen MR) is 156 cm³/mol. The van der Waals surface area contributed by atoms with E-state index in [0.717, 1.165) is 37.2 Å². The summed E-state index contributed by atoms with van der Waals surface area (Å²) in [4.78, 5) is 20.0. The molecule has 6 nitrogen and oxygen atoms in total. The largest absolute Gasteiger partial charge is 0.489 e. The van der Waals surface area contributed by atoms with Gasteiger partial charge in [-0.2, -0.15) is 0 Å². The third-order valence-electron chi connectivity index (χ3n) is 5.52. The van der Waals surface area contributed by atoms with Gasteiger partial charge in [0.05, 0.1) is 5.92 Å². The molecule has 0 fully saturated rings. The molecule has 0 saturated heterocycles. The van der Waals surface area contributed by atoms with Crippen LogP contribution in [0.4, 0.5) is 0 Å². The first-order valence-electron chi connectivity index (χ1n) is 12.7. The molecular formula is C28H45BClN3O3. The topological polar surface area (TPSA) is 76.4 Å². The van der Waals surface area contributed by atoms with Gasteiger partial charge in [0.1, 0.15) is 0 Å². The fourth-order valence-electron chi connectivity index (χ4n) is 3.86. The minimum Gasteiger partial charge on any atom is -0.423 e. The minimum atomic E-state index is -1.60. The van der Waals surface area contributed by atoms with E-state index in [2.05, 4.69) is 28.6 Å². The van der Waals surface area contributed by atoms with Crippen LogP contribution in [0.5, 0.6) is 0 Å². The molecule has 1 amide bonds. The Labute approximate surface area is 224 Å². The summed E-state index contributed by atoms with van der Waals surface area (Å²) in [5.41, 5.74) is 4.21. The van der Waals surface area contributed by atoms with E-state index in [0.29, 0.717) is 22.5 Å². The van der Waals surface area contributed by atoms with Crippen molar-refractivity contribution in [2.24, 2.45) is 10.9 Å². The molecule has 200 valence electrons. The summed E-state index contributed by atoms with van der Waals surface area (Å²) >= 11 is 6.52. The Morgan fingerprint density at radius 1 is 1.28 bits per heavy atom. The molecule has 1 aliphatic heterocycles. The van der Waals surface area contributed by atoms with Gasteiger partial charge in [0, 0.05) is 52.0 Å². The van der Waals surface area contributed by atoms with Crippen LogP contribution >= 0.6 is 11.6 Å². The van der Waals surface area contributed by atoms with Gasteiger partial charge in [-0.15, -0.1) is 0 Å². The summed E-state index contributed by atoms with van der Waals surface area (Å²) in [5, 5.41) is 19.8. The van der Waals surface area contributed by atoms with Crippen molar-refractivity contribution < 1.29 is 14.8 Å². The van der Waals surface area contributed by atoms with Gasteiger partial charge < -0.3 is 14.9 Å². The number of aliphatic imine (C=N–C) groups is 1. The van der Waals surface area contributed by atoms with Crippen molar-refractivity contribution in [1.82, 2.24) is 9.80 Å². The molecule has 0 saturated carbocycles. The van der Waals surface area contributed by atoms with E-state index in [1.54, 1.807) is 32.1 Å². The van der Waals surface area contributed by atoms with Crippen LogP contribution in [-0.2, 0) is 4.79 Å². The number of hydrogen-bond acceptors (Lipinski definition) is 5. The number of amides is 1. The number of allylic oxidation sites excluding steroid dienone is 7. The smallest absolute Gasteiger partial charge is 0.423 e. The van der Waals surface area contributed by atoms with Crippen molar-refractivity contribution in [2.45, 2.75) is 47.5 Å². The fraction of sp³-hybridized carbons (Fsp3) is 0.500. The van der Waals surface area contributed by atoms with Crippen LogP contribution < -0.4 is 0 Å². The molecule has 8 heteroatoms. The lowest BCUT2D eigenvalue weighted by atomic mass is 9.74. The van der Waals surface area contributed by atoms with Gasteiger partial charge >= 0.3 is 7.12 Å². The Morgan fingerprint density at radius 2 is 1.92 bits per heavy atom. The van der Waals surface area contributed by atoms with E-state index in [-0.39, 0.29) is 11.8 Å². The van der Waals surface area contributed by atoms with Gasteiger partial charge in [-0.1, -0.05) is 75.8 Å². The molecule has 36 heavy (non-hydrogen) atoms. The molecule has 0 bridgehead atoms. The van der Waals surface area contributed by atoms with Crippen LogP contribution in [0.2, 0.25) is 0 Å². The monoisotopic (exact) mass is 517 g/mol. The lowest BCUT2D eigenvalue weighted by Crippen LogP contribution is -2.31. The highest BCUT2D eigenvalue weighted by atomic mass is 35.5. The zero-order valence-corrected chi connectivity index (χ0v) is 24.1. The average Bonchev–Trinajstić information content (AvgIpc) is 2.86. The second kappa shape index (κ2) is 18.1. The summed E-state index contributed by atoms with van der Waals surface area (Å²) in [7, 11) is 3.54. The van der Waals surface area contributed by atoms with Gasteiger partial charge in [-0.3, -0.25) is 14.7 Å². The molecule has 0 radical (unpaired) electrons. The summed E-state index contributed by atoms with van der Waals surface area (Å²) in [5.74, 6) is -0.123. The van der Waals surface area contributed by atoms with E-state index in [4.69, 9.17) is 11.6 Å². The molecule has 2 aliphatic rings. The first-order chi connectivity index (χ1) is 17.1. The van der Waals surface area contributed by atoms with Crippen LogP contribution in [0.15, 0.2) is 74.7 Å². The Bertz CT molecular complexity index is 915. The normalized spacial score (nSPS) is 18.6. The van der Waals surface area contributed by atoms with Crippen molar-refractivity contribution in [3.05, 3.63) is 69.8 Å². The SMILES string of the molecule is C=C(/C=C(\C)CN1CC=C(C2=CCC(C(=O)N(C)C)C=C2Cl)CC1)/C(=C\C=NC)B(O)O.CC.CC. The zero-order valence-electron chi connectivity index (χ0n) is 23.4. The second-order valence-corrected chi connectivity index (χ2v) is 8.75. The lowest BCUT2D eigenvalue weighted by molar-refractivity contribution is -0.131. The molecule has 0 aromatic heterocycles. The average molecular weight is 518 g/mol. The molecule has 0 spiro atoms. The number of rotatable bonds is 8. The first-order valence-corrected chi connectivity index (χ1v) is 13.1. The number of nitrogens with zero attached hydrogens (tertiary/aromatic N) is 3. The summed E-state index contributed by atoms with van der Waals surface area (Å²) < 4.78 is 0. The molecule has 0 aromatic rings. The quantitative estimate of drug-likeness (QED) is 0.271. The third kappa shape index (κ3) is 10.8. The van der Waals surface area contributed by atoms with Crippen LogP contribution in [0.1, 0.15) is 47.5 Å². The molecule has 2 N–H and O–H groups in total. The van der Waals surface area contributed by atoms with Crippen molar-refractivity contribution in [2.75, 3.05) is 40.8 Å². The Hall–Kier alpha value is -2.19. The summed E-state index contributed by atoms with van der Waals surface area (Å²) in [6, 6.07) is 0. The fourth-order valence-corrected chi connectivity index (χ4v) is 4.21. The summed E-state index contributed by atoms with van der Waals surface area (Å²) in [6.07, 6.45) is 12.6. The van der Waals surface area contributed by atoms with Crippen LogP contribution in [0, 0.1) is 5.92 Å². The van der Waals surface area contributed by atoms with E-state index in [9.17, 15) is 14.8 Å². The van der Waals surface area contributed by atoms with Crippen LogP contribution in [0.3, 0.4) is 0 Å². The standard InChI is InChI=1S/C24H33BClN3O3.2C2H6/c1-17(14-18(2)22(25(31)32)8-11-27-3)16-29-12-9-19(10-13-29)21-7-6-20(15-23(21)26)24(30)28(4)5;2*1-2/h7-9,11,14-15,20,31-32H,2,6,10,12-13,16H2,1,3-5H3;2*1-2H3/b17-14+,22-8+,27-11?;;. The Balaban J connectivity index is 0.00000291. The number of carbonyl (C=O) groups is 1. The minimum absolute atomic E-state index is 0.0693. The lowest BCUT2D eigenvalue weighted by Gasteiger charge is -2.29. The van der Waals surface area contributed by atoms with Crippen molar-refractivity contribution in [3.8, 4) is 0 Å². The summed E-state index contributed by atoms with van der Waals surface area (Å²) in [6.45, 7) is 16.4. The van der Waals surface area contributed by atoms with Crippen molar-refractivity contribution in [1.29, 1.82) is 0 Å². The molecule has 1 unspecified atom stereocenters. The number of halogens is 1. The first kappa shape index (κ1) is 33.8. The van der Waals surface area contributed by atoms with Gasteiger partial charge in [-0.05, 0) is 48.0 Å². The predicted octanol–water partition coefficient (Wildman–Crippen LogP) is 4.97. The van der Waals surface area contributed by atoms with E-state index >= 15 is 0 Å². The van der Waals surface area contributed by atoms with Gasteiger partial charge in [0.2, 0.25) is 5.91 Å². The van der Waals surface area contributed by atoms with Gasteiger partial charge in [-0.25, -0.2) is 0 Å². The zero-order chi connectivity index (χ0) is 27.8.